The number of nitrogens with zero attached hydrogens (tertiary/aromatic N) is 2. The highest BCUT2D eigenvalue weighted by molar-refractivity contribution is 5.85. The summed E-state index contributed by atoms with van der Waals surface area (Å²) in [5.74, 6) is -1.07. The summed E-state index contributed by atoms with van der Waals surface area (Å²) in [6.07, 6.45) is -2.40. The van der Waals surface area contributed by atoms with Gasteiger partial charge in [-0.2, -0.15) is 18.4 Å². The molecule has 1 aromatic heterocycles. The largest absolute Gasteiger partial charge is 0.478 e. The lowest BCUT2D eigenvalue weighted by molar-refractivity contribution is -0.138. The summed E-state index contributed by atoms with van der Waals surface area (Å²) in [7, 11) is 0. The number of aryl methyl sites for hydroxylation is 2. The van der Waals surface area contributed by atoms with E-state index in [2.05, 4.69) is 0 Å². The first-order valence-electron chi connectivity index (χ1n) is 11.9. The van der Waals surface area contributed by atoms with Gasteiger partial charge in [0.2, 0.25) is 0 Å². The predicted molar refractivity (Wildman–Crippen MR) is 143 cm³/mol. The SMILES string of the molecule is Cc1ccc(Cn2c(-c3ccc(-c4cccc(C=CC(=O)O)c4)cc3)cc(C(F)(F)F)c(C#N)c2=O)c(C)c1. The van der Waals surface area contributed by atoms with E-state index < -0.39 is 28.8 Å². The molecule has 8 heteroatoms. The number of carbonyl (C=O) groups is 1. The highest BCUT2D eigenvalue weighted by Crippen LogP contribution is 2.34. The van der Waals surface area contributed by atoms with Crippen molar-refractivity contribution in [1.82, 2.24) is 4.57 Å². The van der Waals surface area contributed by atoms with Gasteiger partial charge in [-0.1, -0.05) is 66.2 Å². The number of benzene rings is 3. The second-order valence-electron chi connectivity index (χ2n) is 9.12. The van der Waals surface area contributed by atoms with Crippen LogP contribution in [-0.4, -0.2) is 15.6 Å². The lowest BCUT2D eigenvalue weighted by Gasteiger charge is -2.19. The summed E-state index contributed by atoms with van der Waals surface area (Å²) in [5.41, 5.74) is 2.00. The van der Waals surface area contributed by atoms with E-state index >= 15 is 0 Å². The van der Waals surface area contributed by atoms with Gasteiger partial charge in [-0.3, -0.25) is 4.79 Å². The van der Waals surface area contributed by atoms with Crippen LogP contribution in [0.4, 0.5) is 13.2 Å². The normalized spacial score (nSPS) is 11.5. The Labute approximate surface area is 222 Å². The number of alkyl halides is 3. The summed E-state index contributed by atoms with van der Waals surface area (Å²) in [4.78, 5) is 24.1. The molecular weight excluding hydrogens is 505 g/mol. The Morgan fingerprint density at radius 1 is 0.974 bits per heavy atom. The Kier molecular flexibility index (Phi) is 7.54. The first kappa shape index (κ1) is 27.1. The smallest absolute Gasteiger partial charge is 0.417 e. The molecule has 39 heavy (non-hydrogen) atoms. The Hall–Kier alpha value is -4.90. The second-order valence-corrected chi connectivity index (χ2v) is 9.12. The number of rotatable bonds is 6. The van der Waals surface area contributed by atoms with E-state index in [4.69, 9.17) is 5.11 Å². The van der Waals surface area contributed by atoms with Crippen molar-refractivity contribution in [3.05, 3.63) is 123 Å². The third kappa shape index (κ3) is 5.99. The fraction of sp³-hybridized carbons (Fsp3) is 0.129. The average Bonchev–Trinajstić information content (AvgIpc) is 2.89. The van der Waals surface area contributed by atoms with Crippen LogP contribution in [0.1, 0.15) is 33.4 Å². The van der Waals surface area contributed by atoms with Crippen molar-refractivity contribution in [2.24, 2.45) is 0 Å². The number of pyridine rings is 1. The molecule has 0 atom stereocenters. The lowest BCUT2D eigenvalue weighted by atomic mass is 9.98. The first-order chi connectivity index (χ1) is 18.5. The zero-order valence-electron chi connectivity index (χ0n) is 21.1. The van der Waals surface area contributed by atoms with E-state index in [0.29, 0.717) is 11.1 Å². The monoisotopic (exact) mass is 528 g/mol. The molecular formula is C31H23F3N2O3. The number of hydrogen-bond acceptors (Lipinski definition) is 3. The first-order valence-corrected chi connectivity index (χ1v) is 11.9. The van der Waals surface area contributed by atoms with Crippen LogP contribution >= 0.6 is 0 Å². The van der Waals surface area contributed by atoms with Gasteiger partial charge in [-0.05, 0) is 65.4 Å². The third-order valence-corrected chi connectivity index (χ3v) is 6.36. The maximum Gasteiger partial charge on any atom is 0.417 e. The van der Waals surface area contributed by atoms with Gasteiger partial charge >= 0.3 is 12.1 Å². The van der Waals surface area contributed by atoms with Gasteiger partial charge in [0.25, 0.3) is 5.56 Å². The Bertz CT molecular complexity index is 1690. The summed E-state index contributed by atoms with van der Waals surface area (Å²) in [5, 5.41) is 18.3. The predicted octanol–water partition coefficient (Wildman–Crippen LogP) is 6.84. The molecule has 196 valence electrons. The molecule has 0 unspecified atom stereocenters. The Morgan fingerprint density at radius 3 is 2.28 bits per heavy atom. The maximum atomic E-state index is 13.9. The molecule has 5 nitrogen and oxygen atoms in total. The summed E-state index contributed by atoms with van der Waals surface area (Å²) >= 11 is 0. The number of carboxylic acids is 1. The molecule has 4 aromatic rings. The van der Waals surface area contributed by atoms with Crippen molar-refractivity contribution < 1.29 is 23.1 Å². The van der Waals surface area contributed by atoms with Gasteiger partial charge in [0.1, 0.15) is 11.6 Å². The molecule has 0 spiro atoms. The highest BCUT2D eigenvalue weighted by Gasteiger charge is 2.36. The van der Waals surface area contributed by atoms with Crippen LogP contribution in [0.15, 0.2) is 83.7 Å². The van der Waals surface area contributed by atoms with Crippen molar-refractivity contribution in [1.29, 1.82) is 5.26 Å². The topological polar surface area (TPSA) is 83.1 Å². The number of halogens is 3. The standard InChI is InChI=1S/C31H23F3N2O3/c1-19-6-8-25(20(2)14-19)18-36-28(16-27(31(32,33)34)26(17-35)30(36)39)23-11-9-22(10-12-23)24-5-3-4-21(15-24)7-13-29(37)38/h3-16H,18H2,1-2H3,(H,37,38). The molecule has 0 aliphatic heterocycles. The van der Waals surface area contributed by atoms with E-state index in [-0.39, 0.29) is 12.2 Å². The molecule has 0 fully saturated rings. The molecule has 0 saturated heterocycles. The van der Waals surface area contributed by atoms with Gasteiger partial charge in [0.05, 0.1) is 17.8 Å². The second kappa shape index (κ2) is 10.8. The molecule has 0 saturated carbocycles. The maximum absolute atomic E-state index is 13.9. The minimum absolute atomic E-state index is 0.00714. The zero-order valence-corrected chi connectivity index (χ0v) is 21.1. The Morgan fingerprint density at radius 2 is 1.67 bits per heavy atom. The van der Waals surface area contributed by atoms with Crippen LogP contribution in [-0.2, 0) is 17.5 Å². The van der Waals surface area contributed by atoms with Gasteiger partial charge in [-0.15, -0.1) is 0 Å². The van der Waals surface area contributed by atoms with Crippen molar-refractivity contribution >= 4 is 12.0 Å². The number of nitriles is 1. The number of aliphatic carboxylic acids is 1. The fourth-order valence-corrected chi connectivity index (χ4v) is 4.39. The van der Waals surface area contributed by atoms with Crippen LogP contribution in [0.5, 0.6) is 0 Å². The quantitative estimate of drug-likeness (QED) is 0.278. The molecule has 0 bridgehead atoms. The zero-order chi connectivity index (χ0) is 28.3. The number of carboxylic acid groups (broad SMARTS) is 1. The number of aromatic nitrogens is 1. The molecule has 1 N–H and O–H groups in total. The van der Waals surface area contributed by atoms with E-state index in [1.54, 1.807) is 42.5 Å². The van der Waals surface area contributed by atoms with Crippen molar-refractivity contribution in [3.8, 4) is 28.5 Å². The van der Waals surface area contributed by atoms with E-state index in [1.807, 2.05) is 38.1 Å². The molecule has 4 rings (SSSR count). The van der Waals surface area contributed by atoms with Gasteiger partial charge in [-0.25, -0.2) is 4.79 Å². The van der Waals surface area contributed by atoms with Gasteiger partial charge < -0.3 is 9.67 Å². The van der Waals surface area contributed by atoms with Crippen LogP contribution in [0, 0.1) is 25.2 Å². The summed E-state index contributed by atoms with van der Waals surface area (Å²) in [6.45, 7) is 3.77. The molecule has 0 amide bonds. The van der Waals surface area contributed by atoms with E-state index in [0.717, 1.165) is 40.0 Å². The third-order valence-electron chi connectivity index (χ3n) is 6.36. The van der Waals surface area contributed by atoms with Gasteiger partial charge in [0.15, 0.2) is 0 Å². The molecule has 0 radical (unpaired) electrons. The minimum Gasteiger partial charge on any atom is -0.478 e. The minimum atomic E-state index is -4.89. The van der Waals surface area contributed by atoms with Crippen LogP contribution in [0.3, 0.4) is 0 Å². The average molecular weight is 529 g/mol. The van der Waals surface area contributed by atoms with Crippen LogP contribution in [0.25, 0.3) is 28.5 Å². The molecule has 3 aromatic carbocycles. The summed E-state index contributed by atoms with van der Waals surface area (Å²) in [6, 6.07) is 21.7. The van der Waals surface area contributed by atoms with Crippen molar-refractivity contribution in [3.63, 3.8) is 0 Å². The molecule has 0 aliphatic carbocycles. The van der Waals surface area contributed by atoms with E-state index in [9.17, 15) is 28.0 Å². The summed E-state index contributed by atoms with van der Waals surface area (Å²) < 4.78 is 42.8. The van der Waals surface area contributed by atoms with Crippen LogP contribution in [0.2, 0.25) is 0 Å². The Balaban J connectivity index is 1.84. The highest BCUT2D eigenvalue weighted by atomic mass is 19.4. The van der Waals surface area contributed by atoms with Crippen molar-refractivity contribution in [2.45, 2.75) is 26.6 Å². The van der Waals surface area contributed by atoms with E-state index in [1.165, 1.54) is 16.7 Å². The number of hydrogen-bond donors (Lipinski definition) is 1. The fourth-order valence-electron chi connectivity index (χ4n) is 4.39. The van der Waals surface area contributed by atoms with Crippen LogP contribution < -0.4 is 5.56 Å². The molecule has 0 aliphatic rings. The lowest BCUT2D eigenvalue weighted by Crippen LogP contribution is -2.29. The molecule has 1 heterocycles. The van der Waals surface area contributed by atoms with Crippen molar-refractivity contribution in [2.75, 3.05) is 0 Å². The van der Waals surface area contributed by atoms with Gasteiger partial charge in [0, 0.05) is 6.08 Å².